The van der Waals surface area contributed by atoms with Crippen LogP contribution < -0.4 is 0 Å². The van der Waals surface area contributed by atoms with Gasteiger partial charge in [0.1, 0.15) is 0 Å². The van der Waals surface area contributed by atoms with E-state index in [1.54, 1.807) is 6.92 Å². The molecule has 1 aromatic carbocycles. The Labute approximate surface area is 89.0 Å². The average Bonchev–Trinajstić information content (AvgIpc) is 2.10. The maximum atomic E-state index is 13.2. The van der Waals surface area contributed by atoms with Gasteiger partial charge in [-0.15, -0.1) is 0 Å². The topological polar surface area (TPSA) is 17.1 Å². The fourth-order valence-electron chi connectivity index (χ4n) is 0.999. The molecule has 0 bridgehead atoms. The van der Waals surface area contributed by atoms with E-state index in [0.29, 0.717) is 0 Å². The summed E-state index contributed by atoms with van der Waals surface area (Å²) in [7, 11) is 0. The quantitative estimate of drug-likeness (QED) is 0.592. The maximum Gasteiger partial charge on any atom is 0.176 e. The Morgan fingerprint density at radius 1 is 1.62 bits per heavy atom. The molecular formula is C9H7BrClFO. The molecule has 0 unspecified atom stereocenters. The lowest BCUT2D eigenvalue weighted by Crippen LogP contribution is -2.04. The van der Waals surface area contributed by atoms with E-state index in [0.717, 1.165) is 5.56 Å². The molecule has 1 nitrogen and oxygen atoms in total. The molecule has 0 aliphatic heterocycles. The van der Waals surface area contributed by atoms with Crippen molar-refractivity contribution in [2.45, 2.75) is 6.92 Å². The molecule has 1 rings (SSSR count). The number of ketones is 1. The Balaban J connectivity index is 3.28. The largest absolute Gasteiger partial charge is 0.293 e. The van der Waals surface area contributed by atoms with Crippen LogP contribution in [0.5, 0.6) is 0 Å². The third kappa shape index (κ3) is 2.29. The number of carbonyl (C=O) groups excluding carboxylic acids is 1. The Kier molecular flexibility index (Phi) is 3.45. The van der Waals surface area contributed by atoms with Gasteiger partial charge in [-0.1, -0.05) is 27.5 Å². The zero-order chi connectivity index (χ0) is 10.0. The molecule has 0 fully saturated rings. The summed E-state index contributed by atoms with van der Waals surface area (Å²) >= 11 is 8.55. The van der Waals surface area contributed by atoms with Crippen molar-refractivity contribution in [3.8, 4) is 0 Å². The Bertz CT molecular complexity index is 352. The van der Waals surface area contributed by atoms with Crippen LogP contribution in [0.2, 0.25) is 5.02 Å². The highest BCUT2D eigenvalue weighted by Crippen LogP contribution is 2.21. The van der Waals surface area contributed by atoms with Gasteiger partial charge in [0.2, 0.25) is 0 Å². The van der Waals surface area contributed by atoms with Crippen molar-refractivity contribution >= 4 is 33.3 Å². The summed E-state index contributed by atoms with van der Waals surface area (Å²) < 4.78 is 13.2. The highest BCUT2D eigenvalue weighted by Gasteiger charge is 2.13. The summed E-state index contributed by atoms with van der Waals surface area (Å²) in [5.41, 5.74) is 0.817. The van der Waals surface area contributed by atoms with Gasteiger partial charge in [-0.25, -0.2) is 4.39 Å². The number of rotatable bonds is 2. The number of halogens is 3. The summed E-state index contributed by atoms with van der Waals surface area (Å²) in [4.78, 5) is 11.2. The Morgan fingerprint density at radius 2 is 2.23 bits per heavy atom. The number of hydrogen-bond acceptors (Lipinski definition) is 1. The molecule has 4 heteroatoms. The van der Waals surface area contributed by atoms with Gasteiger partial charge < -0.3 is 0 Å². The van der Waals surface area contributed by atoms with Gasteiger partial charge >= 0.3 is 0 Å². The van der Waals surface area contributed by atoms with Crippen molar-refractivity contribution in [2.24, 2.45) is 0 Å². The van der Waals surface area contributed by atoms with Crippen LogP contribution in [0.15, 0.2) is 12.1 Å². The molecule has 0 N–H and O–H groups in total. The predicted molar refractivity (Wildman–Crippen MR) is 54.3 cm³/mol. The standard InChI is InChI=1S/C9H7BrClFO/c1-5-2-6(8(13)4-10)9(12)7(11)3-5/h2-3H,4H2,1H3. The fraction of sp³-hybridized carbons (Fsp3) is 0.222. The van der Waals surface area contributed by atoms with Crippen LogP contribution in [0.1, 0.15) is 15.9 Å². The number of aryl methyl sites for hydroxylation is 1. The Hall–Kier alpha value is -0.410. The van der Waals surface area contributed by atoms with Crippen LogP contribution in [0, 0.1) is 12.7 Å². The van der Waals surface area contributed by atoms with E-state index in [-0.39, 0.29) is 21.7 Å². The van der Waals surface area contributed by atoms with Crippen LogP contribution >= 0.6 is 27.5 Å². The third-order valence-electron chi connectivity index (χ3n) is 1.59. The zero-order valence-electron chi connectivity index (χ0n) is 6.90. The van der Waals surface area contributed by atoms with Crippen molar-refractivity contribution in [3.05, 3.63) is 34.1 Å². The van der Waals surface area contributed by atoms with E-state index in [1.165, 1.54) is 12.1 Å². The first-order valence-electron chi connectivity index (χ1n) is 3.61. The molecule has 0 saturated heterocycles. The van der Waals surface area contributed by atoms with Crippen molar-refractivity contribution in [1.82, 2.24) is 0 Å². The summed E-state index contributed by atoms with van der Waals surface area (Å²) in [5.74, 6) is -0.945. The first kappa shape index (κ1) is 10.7. The summed E-state index contributed by atoms with van der Waals surface area (Å²) in [6.45, 7) is 1.76. The van der Waals surface area contributed by atoms with E-state index < -0.39 is 5.82 Å². The smallest absolute Gasteiger partial charge is 0.176 e. The minimum Gasteiger partial charge on any atom is -0.293 e. The predicted octanol–water partition coefficient (Wildman–Crippen LogP) is 3.37. The molecule has 1 aromatic rings. The lowest BCUT2D eigenvalue weighted by Gasteiger charge is -2.03. The lowest BCUT2D eigenvalue weighted by atomic mass is 10.1. The summed E-state index contributed by atoms with van der Waals surface area (Å²) in [6, 6.07) is 2.98. The number of carbonyl (C=O) groups is 1. The van der Waals surface area contributed by atoms with Crippen LogP contribution in [0.3, 0.4) is 0 Å². The maximum absolute atomic E-state index is 13.2. The summed E-state index contributed by atoms with van der Waals surface area (Å²) in [6.07, 6.45) is 0. The van der Waals surface area contributed by atoms with Gasteiger partial charge in [0.05, 0.1) is 15.9 Å². The fourth-order valence-corrected chi connectivity index (χ4v) is 1.58. The van der Waals surface area contributed by atoms with Gasteiger partial charge in [0, 0.05) is 0 Å². The van der Waals surface area contributed by atoms with Gasteiger partial charge in [0.15, 0.2) is 11.6 Å². The van der Waals surface area contributed by atoms with Crippen molar-refractivity contribution in [1.29, 1.82) is 0 Å². The van der Waals surface area contributed by atoms with Crippen molar-refractivity contribution in [3.63, 3.8) is 0 Å². The molecular weight excluding hydrogens is 258 g/mol. The highest BCUT2D eigenvalue weighted by atomic mass is 79.9. The molecule has 0 saturated carbocycles. The molecule has 0 atom stereocenters. The van der Waals surface area contributed by atoms with Crippen molar-refractivity contribution in [2.75, 3.05) is 5.33 Å². The van der Waals surface area contributed by atoms with E-state index in [2.05, 4.69) is 15.9 Å². The summed E-state index contributed by atoms with van der Waals surface area (Å²) in [5, 5.41) is 0.0910. The molecule has 13 heavy (non-hydrogen) atoms. The van der Waals surface area contributed by atoms with Crippen LogP contribution in [0.4, 0.5) is 4.39 Å². The molecule has 0 radical (unpaired) electrons. The van der Waals surface area contributed by atoms with Gasteiger partial charge in [-0.2, -0.15) is 0 Å². The number of benzene rings is 1. The van der Waals surface area contributed by atoms with Crippen LogP contribution in [-0.4, -0.2) is 11.1 Å². The Morgan fingerprint density at radius 3 is 2.77 bits per heavy atom. The first-order valence-corrected chi connectivity index (χ1v) is 5.11. The van der Waals surface area contributed by atoms with Gasteiger partial charge in [-0.3, -0.25) is 4.79 Å². The lowest BCUT2D eigenvalue weighted by molar-refractivity contribution is 0.102. The van der Waals surface area contributed by atoms with Gasteiger partial charge in [-0.05, 0) is 24.6 Å². The third-order valence-corrected chi connectivity index (χ3v) is 2.38. The minimum atomic E-state index is -0.642. The second-order valence-electron chi connectivity index (χ2n) is 2.67. The number of Topliss-reactive ketones (excluding diaryl/α,β-unsaturated/α-hetero) is 1. The van der Waals surface area contributed by atoms with Crippen LogP contribution in [0.25, 0.3) is 0 Å². The normalized spacial score (nSPS) is 10.2. The van der Waals surface area contributed by atoms with E-state index >= 15 is 0 Å². The molecule has 0 heterocycles. The van der Waals surface area contributed by atoms with Crippen molar-refractivity contribution < 1.29 is 9.18 Å². The molecule has 0 aliphatic rings. The monoisotopic (exact) mass is 264 g/mol. The highest BCUT2D eigenvalue weighted by molar-refractivity contribution is 9.09. The van der Waals surface area contributed by atoms with E-state index in [9.17, 15) is 9.18 Å². The molecule has 70 valence electrons. The number of alkyl halides is 1. The molecule has 0 amide bonds. The van der Waals surface area contributed by atoms with E-state index in [1.807, 2.05) is 0 Å². The second-order valence-corrected chi connectivity index (χ2v) is 3.63. The molecule has 0 spiro atoms. The average molecular weight is 266 g/mol. The molecule has 0 aliphatic carbocycles. The van der Waals surface area contributed by atoms with Crippen LogP contribution in [-0.2, 0) is 0 Å². The first-order chi connectivity index (χ1) is 6.06. The SMILES string of the molecule is Cc1cc(Cl)c(F)c(C(=O)CBr)c1. The number of hydrogen-bond donors (Lipinski definition) is 0. The second kappa shape index (κ2) is 4.20. The molecule has 0 aromatic heterocycles. The van der Waals surface area contributed by atoms with E-state index in [4.69, 9.17) is 11.6 Å². The zero-order valence-corrected chi connectivity index (χ0v) is 9.25. The van der Waals surface area contributed by atoms with Gasteiger partial charge in [0.25, 0.3) is 0 Å². The minimum absolute atomic E-state index is 0.00991.